The van der Waals surface area contributed by atoms with Crippen molar-refractivity contribution in [3.05, 3.63) is 44.9 Å². The summed E-state index contributed by atoms with van der Waals surface area (Å²) < 4.78 is 1.13. The average Bonchev–Trinajstić information content (AvgIpc) is 2.83. The normalized spacial score (nSPS) is 17.0. The number of rotatable bonds is 4. The second kappa shape index (κ2) is 6.03. The molecule has 3 heteroatoms. The van der Waals surface area contributed by atoms with Gasteiger partial charge in [-0.3, -0.25) is 0 Å². The van der Waals surface area contributed by atoms with Gasteiger partial charge in [0.1, 0.15) is 0 Å². The van der Waals surface area contributed by atoms with Crippen LogP contribution in [-0.4, -0.2) is 6.54 Å². The molecular formula is C14H17BrClN. The van der Waals surface area contributed by atoms with Crippen LogP contribution >= 0.6 is 27.5 Å². The van der Waals surface area contributed by atoms with Crippen LogP contribution in [0.3, 0.4) is 0 Å². The molecule has 0 radical (unpaired) electrons. The zero-order valence-corrected chi connectivity index (χ0v) is 12.3. The highest BCUT2D eigenvalue weighted by Crippen LogP contribution is 2.35. The number of benzene rings is 1. The fourth-order valence-electron chi connectivity index (χ4n) is 2.34. The number of hydrogen-bond acceptors (Lipinski definition) is 1. The lowest BCUT2D eigenvalue weighted by Gasteiger charge is -2.21. The SMILES string of the molecule is CCNC(C1=CCCC1)c1cc(Cl)ccc1Br. The Balaban J connectivity index is 2.34. The summed E-state index contributed by atoms with van der Waals surface area (Å²) in [5.41, 5.74) is 2.74. The van der Waals surface area contributed by atoms with Gasteiger partial charge in [-0.15, -0.1) is 0 Å². The van der Waals surface area contributed by atoms with Gasteiger partial charge in [0, 0.05) is 9.50 Å². The molecule has 1 aliphatic carbocycles. The summed E-state index contributed by atoms with van der Waals surface area (Å²) in [5, 5.41) is 4.35. The molecule has 1 aliphatic rings. The maximum atomic E-state index is 6.10. The summed E-state index contributed by atoms with van der Waals surface area (Å²) in [5.74, 6) is 0. The Morgan fingerprint density at radius 1 is 1.47 bits per heavy atom. The summed E-state index contributed by atoms with van der Waals surface area (Å²) in [6, 6.07) is 6.30. The van der Waals surface area contributed by atoms with Gasteiger partial charge in [-0.05, 0) is 49.6 Å². The first-order valence-electron chi connectivity index (χ1n) is 6.09. The minimum absolute atomic E-state index is 0.301. The molecule has 1 aromatic carbocycles. The molecule has 0 spiro atoms. The first-order chi connectivity index (χ1) is 8.22. The van der Waals surface area contributed by atoms with E-state index in [0.29, 0.717) is 6.04 Å². The number of hydrogen-bond donors (Lipinski definition) is 1. The van der Waals surface area contributed by atoms with Gasteiger partial charge in [0.05, 0.1) is 6.04 Å². The van der Waals surface area contributed by atoms with Crippen molar-refractivity contribution in [3.8, 4) is 0 Å². The summed E-state index contributed by atoms with van der Waals surface area (Å²) in [6.07, 6.45) is 6.03. The van der Waals surface area contributed by atoms with Crippen molar-refractivity contribution >= 4 is 27.5 Å². The van der Waals surface area contributed by atoms with E-state index in [1.165, 1.54) is 30.4 Å². The Morgan fingerprint density at radius 3 is 2.94 bits per heavy atom. The summed E-state index contributed by atoms with van der Waals surface area (Å²) in [6.45, 7) is 3.10. The molecule has 1 unspecified atom stereocenters. The van der Waals surface area contributed by atoms with Crippen molar-refractivity contribution in [3.63, 3.8) is 0 Å². The van der Waals surface area contributed by atoms with Crippen LogP contribution in [0.1, 0.15) is 37.8 Å². The quantitative estimate of drug-likeness (QED) is 0.782. The van der Waals surface area contributed by atoms with Crippen LogP contribution in [0.2, 0.25) is 5.02 Å². The number of halogens is 2. The van der Waals surface area contributed by atoms with Crippen LogP contribution in [-0.2, 0) is 0 Å². The van der Waals surface area contributed by atoms with Crippen molar-refractivity contribution in [1.82, 2.24) is 5.32 Å². The van der Waals surface area contributed by atoms with Crippen molar-refractivity contribution < 1.29 is 0 Å². The van der Waals surface area contributed by atoms with Crippen LogP contribution < -0.4 is 5.32 Å². The third-order valence-corrected chi connectivity index (χ3v) is 4.08. The highest BCUT2D eigenvalue weighted by molar-refractivity contribution is 9.10. The average molecular weight is 315 g/mol. The molecule has 0 saturated carbocycles. The van der Waals surface area contributed by atoms with Crippen LogP contribution in [0.4, 0.5) is 0 Å². The van der Waals surface area contributed by atoms with Gasteiger partial charge in [-0.1, -0.05) is 46.1 Å². The van der Waals surface area contributed by atoms with E-state index in [1.807, 2.05) is 12.1 Å². The van der Waals surface area contributed by atoms with E-state index in [9.17, 15) is 0 Å². The van der Waals surface area contributed by atoms with Crippen LogP contribution in [0.15, 0.2) is 34.3 Å². The Labute approximate surface area is 116 Å². The molecule has 17 heavy (non-hydrogen) atoms. The third kappa shape index (κ3) is 3.12. The molecule has 0 bridgehead atoms. The minimum Gasteiger partial charge on any atom is -0.307 e. The summed E-state index contributed by atoms with van der Waals surface area (Å²) in [4.78, 5) is 0. The van der Waals surface area contributed by atoms with Gasteiger partial charge in [0.15, 0.2) is 0 Å². The minimum atomic E-state index is 0.301. The largest absolute Gasteiger partial charge is 0.307 e. The molecule has 1 nitrogen and oxygen atoms in total. The van der Waals surface area contributed by atoms with E-state index in [-0.39, 0.29) is 0 Å². The maximum Gasteiger partial charge on any atom is 0.0547 e. The van der Waals surface area contributed by atoms with E-state index in [4.69, 9.17) is 11.6 Å². The van der Waals surface area contributed by atoms with Gasteiger partial charge in [-0.25, -0.2) is 0 Å². The summed E-state index contributed by atoms with van der Waals surface area (Å²) >= 11 is 9.72. The predicted molar refractivity (Wildman–Crippen MR) is 77.5 cm³/mol. The van der Waals surface area contributed by atoms with E-state index in [0.717, 1.165) is 16.0 Å². The zero-order valence-electron chi connectivity index (χ0n) is 9.97. The first-order valence-corrected chi connectivity index (χ1v) is 7.26. The van der Waals surface area contributed by atoms with Gasteiger partial charge in [0.25, 0.3) is 0 Å². The Bertz CT molecular complexity index is 428. The molecular weight excluding hydrogens is 298 g/mol. The third-order valence-electron chi connectivity index (χ3n) is 3.12. The molecule has 0 aromatic heterocycles. The molecule has 1 N–H and O–H groups in total. The van der Waals surface area contributed by atoms with Crippen LogP contribution in [0, 0.1) is 0 Å². The molecule has 2 rings (SSSR count). The van der Waals surface area contributed by atoms with E-state index < -0.39 is 0 Å². The lowest BCUT2D eigenvalue weighted by atomic mass is 9.98. The Hall–Kier alpha value is -0.310. The van der Waals surface area contributed by atoms with Crippen molar-refractivity contribution in [2.24, 2.45) is 0 Å². The van der Waals surface area contributed by atoms with E-state index in [2.05, 4.69) is 40.3 Å². The fraction of sp³-hybridized carbons (Fsp3) is 0.429. The smallest absolute Gasteiger partial charge is 0.0547 e. The van der Waals surface area contributed by atoms with Crippen LogP contribution in [0.25, 0.3) is 0 Å². The number of likely N-dealkylation sites (N-methyl/N-ethyl adjacent to an activating group) is 1. The fourth-order valence-corrected chi connectivity index (χ4v) is 2.99. The van der Waals surface area contributed by atoms with Gasteiger partial charge < -0.3 is 5.32 Å². The maximum absolute atomic E-state index is 6.10. The van der Waals surface area contributed by atoms with Crippen molar-refractivity contribution in [2.75, 3.05) is 6.54 Å². The van der Waals surface area contributed by atoms with Gasteiger partial charge >= 0.3 is 0 Å². The lowest BCUT2D eigenvalue weighted by molar-refractivity contribution is 0.603. The molecule has 0 aliphatic heterocycles. The lowest BCUT2D eigenvalue weighted by Crippen LogP contribution is -2.22. The highest BCUT2D eigenvalue weighted by Gasteiger charge is 2.20. The summed E-state index contributed by atoms with van der Waals surface area (Å²) in [7, 11) is 0. The standard InChI is InChI=1S/C14H17BrClN/c1-2-17-14(10-5-3-4-6-10)12-9-11(16)7-8-13(12)15/h5,7-9,14,17H,2-4,6H2,1H3. The van der Waals surface area contributed by atoms with Crippen LogP contribution in [0.5, 0.6) is 0 Å². The first kappa shape index (κ1) is 13.1. The predicted octanol–water partition coefficient (Wildman–Crippen LogP) is 4.86. The van der Waals surface area contributed by atoms with Gasteiger partial charge in [-0.2, -0.15) is 0 Å². The van der Waals surface area contributed by atoms with Crippen molar-refractivity contribution in [2.45, 2.75) is 32.2 Å². The van der Waals surface area contributed by atoms with E-state index >= 15 is 0 Å². The number of nitrogens with one attached hydrogen (secondary N) is 1. The Morgan fingerprint density at radius 2 is 2.29 bits per heavy atom. The second-order valence-corrected chi connectivity index (χ2v) is 5.62. The second-order valence-electron chi connectivity index (χ2n) is 4.33. The molecule has 0 heterocycles. The molecule has 0 fully saturated rings. The molecule has 1 aromatic rings. The van der Waals surface area contributed by atoms with Crippen molar-refractivity contribution in [1.29, 1.82) is 0 Å². The van der Waals surface area contributed by atoms with E-state index in [1.54, 1.807) is 0 Å². The molecule has 92 valence electrons. The highest BCUT2D eigenvalue weighted by atomic mass is 79.9. The molecule has 0 saturated heterocycles. The number of allylic oxidation sites excluding steroid dienone is 1. The zero-order chi connectivity index (χ0) is 12.3. The van der Waals surface area contributed by atoms with Gasteiger partial charge in [0.2, 0.25) is 0 Å². The molecule has 1 atom stereocenters. The Kier molecular flexibility index (Phi) is 4.66. The topological polar surface area (TPSA) is 12.0 Å². The molecule has 0 amide bonds. The monoisotopic (exact) mass is 313 g/mol.